The molecule has 0 atom stereocenters. The van der Waals surface area contributed by atoms with Crippen molar-refractivity contribution in [2.45, 2.75) is 6.92 Å². The Bertz CT molecular complexity index is 1000. The van der Waals surface area contributed by atoms with Crippen LogP contribution in [-0.4, -0.2) is 81.9 Å². The normalized spacial score (nSPS) is 13.2. The summed E-state index contributed by atoms with van der Waals surface area (Å²) in [6, 6.07) is 9.47. The Morgan fingerprint density at radius 2 is 1.26 bits per heavy atom. The highest BCUT2D eigenvalue weighted by molar-refractivity contribution is 5.97. The molecule has 1 aliphatic heterocycles. The van der Waals surface area contributed by atoms with E-state index in [4.69, 9.17) is 23.7 Å². The maximum absolute atomic E-state index is 13.1. The topological polar surface area (TPSA) is 104 Å². The molecule has 0 spiro atoms. The van der Waals surface area contributed by atoms with Gasteiger partial charge in [-0.1, -0.05) is 0 Å². The number of benzene rings is 2. The number of ether oxygens (including phenoxy) is 5. The van der Waals surface area contributed by atoms with Gasteiger partial charge in [0.05, 0.1) is 27.9 Å². The van der Waals surface area contributed by atoms with Crippen molar-refractivity contribution in [3.05, 3.63) is 47.5 Å². The molecular weight excluding hydrogens is 444 g/mol. The molecule has 10 nitrogen and oxygen atoms in total. The zero-order chi connectivity index (χ0) is 24.7. The van der Waals surface area contributed by atoms with Gasteiger partial charge in [0.25, 0.3) is 11.8 Å². The molecule has 1 heterocycles. The highest BCUT2D eigenvalue weighted by Gasteiger charge is 2.27. The van der Waals surface area contributed by atoms with Crippen molar-refractivity contribution in [2.75, 3.05) is 54.1 Å². The second-order valence-electron chi connectivity index (χ2n) is 7.31. The van der Waals surface area contributed by atoms with Crippen molar-refractivity contribution in [1.29, 1.82) is 0 Å². The van der Waals surface area contributed by atoms with Gasteiger partial charge in [0.2, 0.25) is 5.75 Å². The minimum Gasteiger partial charge on any atom is -0.493 e. The van der Waals surface area contributed by atoms with Crippen molar-refractivity contribution in [1.82, 2.24) is 9.80 Å². The number of hydrogen-bond acceptors (Lipinski definition) is 8. The quantitative estimate of drug-likeness (QED) is 0.448. The fraction of sp³-hybridized carbons (Fsp3) is 0.375. The average Bonchev–Trinajstić information content (AvgIpc) is 2.87. The molecular formula is C24H28N2O8. The summed E-state index contributed by atoms with van der Waals surface area (Å²) in [4.78, 5) is 40.7. The van der Waals surface area contributed by atoms with E-state index < -0.39 is 6.16 Å². The van der Waals surface area contributed by atoms with E-state index in [2.05, 4.69) is 0 Å². The molecule has 0 aromatic heterocycles. The largest absolute Gasteiger partial charge is 0.513 e. The average molecular weight is 472 g/mol. The number of hydrogen-bond donors (Lipinski definition) is 0. The molecule has 1 saturated heterocycles. The van der Waals surface area contributed by atoms with Crippen LogP contribution in [0.15, 0.2) is 36.4 Å². The molecule has 0 bridgehead atoms. The van der Waals surface area contributed by atoms with Crippen LogP contribution in [0.25, 0.3) is 0 Å². The number of carbonyl (C=O) groups excluding carboxylic acids is 3. The molecule has 2 aromatic carbocycles. The zero-order valence-corrected chi connectivity index (χ0v) is 19.7. The van der Waals surface area contributed by atoms with Gasteiger partial charge in [-0.05, 0) is 43.3 Å². The second-order valence-corrected chi connectivity index (χ2v) is 7.31. The zero-order valence-electron chi connectivity index (χ0n) is 19.7. The van der Waals surface area contributed by atoms with E-state index in [1.54, 1.807) is 41.0 Å². The van der Waals surface area contributed by atoms with Crippen LogP contribution in [0.4, 0.5) is 4.79 Å². The van der Waals surface area contributed by atoms with Crippen LogP contribution < -0.4 is 18.9 Å². The molecule has 0 radical (unpaired) electrons. The third kappa shape index (κ3) is 5.51. The lowest BCUT2D eigenvalue weighted by Crippen LogP contribution is -2.50. The number of carbonyl (C=O) groups is 3. The summed E-state index contributed by atoms with van der Waals surface area (Å²) in [5.41, 5.74) is 0.868. The van der Waals surface area contributed by atoms with Crippen molar-refractivity contribution in [2.24, 2.45) is 0 Å². The predicted octanol–water partition coefficient (Wildman–Crippen LogP) is 2.85. The van der Waals surface area contributed by atoms with E-state index in [0.29, 0.717) is 54.6 Å². The standard InChI is InChI=1S/C24H28N2O8/c1-5-33-24(29)34-18-8-6-16(7-9-18)22(27)25-10-12-26(13-11-25)23(28)17-14-19(30-2)21(32-4)20(15-17)31-3/h6-9,14-15H,5,10-13H2,1-4H3. The molecule has 2 aromatic rings. The molecule has 0 aliphatic carbocycles. The van der Waals surface area contributed by atoms with Gasteiger partial charge in [0.15, 0.2) is 11.5 Å². The maximum Gasteiger partial charge on any atom is 0.513 e. The third-order valence-corrected chi connectivity index (χ3v) is 5.33. The van der Waals surface area contributed by atoms with Gasteiger partial charge in [-0.3, -0.25) is 9.59 Å². The SMILES string of the molecule is CCOC(=O)Oc1ccc(C(=O)N2CCN(C(=O)c3cc(OC)c(OC)c(OC)c3)CC2)cc1. The molecule has 0 unspecified atom stereocenters. The molecule has 182 valence electrons. The molecule has 0 N–H and O–H groups in total. The van der Waals surface area contributed by atoms with Gasteiger partial charge in [0, 0.05) is 37.3 Å². The van der Waals surface area contributed by atoms with Gasteiger partial charge in [0.1, 0.15) is 5.75 Å². The van der Waals surface area contributed by atoms with Crippen LogP contribution in [0.2, 0.25) is 0 Å². The van der Waals surface area contributed by atoms with Gasteiger partial charge in [-0.2, -0.15) is 0 Å². The number of amides is 2. The van der Waals surface area contributed by atoms with Gasteiger partial charge >= 0.3 is 6.16 Å². The Morgan fingerprint density at radius 3 is 1.71 bits per heavy atom. The fourth-order valence-electron chi connectivity index (χ4n) is 3.59. The van der Waals surface area contributed by atoms with Crippen LogP contribution >= 0.6 is 0 Å². The van der Waals surface area contributed by atoms with Crippen LogP contribution in [0.3, 0.4) is 0 Å². The van der Waals surface area contributed by atoms with Gasteiger partial charge in [-0.25, -0.2) is 4.79 Å². The summed E-state index contributed by atoms with van der Waals surface area (Å²) in [5, 5.41) is 0. The Labute approximate surface area is 197 Å². The number of rotatable bonds is 7. The Morgan fingerprint density at radius 1 is 0.765 bits per heavy atom. The maximum atomic E-state index is 13.1. The van der Waals surface area contributed by atoms with Crippen LogP contribution in [-0.2, 0) is 4.74 Å². The first-order valence-corrected chi connectivity index (χ1v) is 10.7. The predicted molar refractivity (Wildman–Crippen MR) is 122 cm³/mol. The highest BCUT2D eigenvalue weighted by atomic mass is 16.7. The van der Waals surface area contributed by atoms with Crippen molar-refractivity contribution >= 4 is 18.0 Å². The summed E-state index contributed by atoms with van der Waals surface area (Å²) >= 11 is 0. The number of nitrogens with zero attached hydrogens (tertiary/aromatic N) is 2. The first-order valence-electron chi connectivity index (χ1n) is 10.7. The van der Waals surface area contributed by atoms with E-state index in [1.807, 2.05) is 0 Å². The molecule has 10 heteroatoms. The first kappa shape index (κ1) is 24.7. The molecule has 2 amide bonds. The van der Waals surface area contributed by atoms with E-state index in [1.165, 1.54) is 33.5 Å². The van der Waals surface area contributed by atoms with Crippen LogP contribution in [0.5, 0.6) is 23.0 Å². The molecule has 34 heavy (non-hydrogen) atoms. The second kappa shape index (κ2) is 11.3. The summed E-state index contributed by atoms with van der Waals surface area (Å²) < 4.78 is 25.7. The minimum atomic E-state index is -0.797. The molecule has 1 fully saturated rings. The fourth-order valence-corrected chi connectivity index (χ4v) is 3.59. The Balaban J connectivity index is 1.62. The molecule has 1 aliphatic rings. The third-order valence-electron chi connectivity index (χ3n) is 5.33. The van der Waals surface area contributed by atoms with Crippen LogP contribution in [0.1, 0.15) is 27.6 Å². The van der Waals surface area contributed by atoms with Gasteiger partial charge in [-0.15, -0.1) is 0 Å². The van der Waals surface area contributed by atoms with E-state index in [9.17, 15) is 14.4 Å². The minimum absolute atomic E-state index is 0.164. The summed E-state index contributed by atoms with van der Waals surface area (Å²) in [5.74, 6) is 1.14. The van der Waals surface area contributed by atoms with Crippen molar-refractivity contribution in [3.8, 4) is 23.0 Å². The number of methoxy groups -OCH3 is 3. The van der Waals surface area contributed by atoms with Crippen LogP contribution in [0, 0.1) is 0 Å². The lowest BCUT2D eigenvalue weighted by Gasteiger charge is -2.35. The van der Waals surface area contributed by atoms with E-state index >= 15 is 0 Å². The first-order chi connectivity index (χ1) is 16.4. The van der Waals surface area contributed by atoms with E-state index in [0.717, 1.165) is 0 Å². The summed E-state index contributed by atoms with van der Waals surface area (Å²) in [7, 11) is 4.48. The Hall–Kier alpha value is -3.95. The van der Waals surface area contributed by atoms with Gasteiger partial charge < -0.3 is 33.5 Å². The molecule has 3 rings (SSSR count). The summed E-state index contributed by atoms with van der Waals surface area (Å²) in [6.07, 6.45) is -0.797. The number of piperazine rings is 1. The highest BCUT2D eigenvalue weighted by Crippen LogP contribution is 2.38. The smallest absolute Gasteiger partial charge is 0.493 e. The Kier molecular flexibility index (Phi) is 8.18. The lowest BCUT2D eigenvalue weighted by molar-refractivity contribution is 0.0535. The monoisotopic (exact) mass is 472 g/mol. The summed E-state index contributed by atoms with van der Waals surface area (Å²) in [6.45, 7) is 3.42. The molecule has 0 saturated carbocycles. The van der Waals surface area contributed by atoms with Crippen molar-refractivity contribution < 1.29 is 38.1 Å². The van der Waals surface area contributed by atoms with Crippen molar-refractivity contribution in [3.63, 3.8) is 0 Å². The lowest BCUT2D eigenvalue weighted by atomic mass is 10.1. The van der Waals surface area contributed by atoms with E-state index in [-0.39, 0.29) is 24.2 Å².